The molecule has 0 aromatic heterocycles. The van der Waals surface area contributed by atoms with Crippen LogP contribution in [-0.4, -0.2) is 35.9 Å². The standard InChI is InChI=1S/C17H26O3Si/c1-4-15-9-7-10-16(13-15)11-8-12-20-21-14-17(18-5-2)19-6-3/h4,7,9-10,13,17H,1,5-6,8,11-12,14H2,2-3H3. The van der Waals surface area contributed by atoms with Crippen LogP contribution in [0, 0.1) is 0 Å². The van der Waals surface area contributed by atoms with Crippen molar-refractivity contribution in [1.29, 1.82) is 0 Å². The first-order valence-corrected chi connectivity index (χ1v) is 8.70. The van der Waals surface area contributed by atoms with E-state index in [4.69, 9.17) is 13.9 Å². The van der Waals surface area contributed by atoms with Gasteiger partial charge in [0, 0.05) is 25.9 Å². The molecule has 0 heterocycles. The van der Waals surface area contributed by atoms with Gasteiger partial charge in [-0.25, -0.2) is 0 Å². The van der Waals surface area contributed by atoms with Gasteiger partial charge in [0.1, 0.15) is 0 Å². The summed E-state index contributed by atoms with van der Waals surface area (Å²) >= 11 is 0. The summed E-state index contributed by atoms with van der Waals surface area (Å²) < 4.78 is 16.6. The highest BCUT2D eigenvalue weighted by Crippen LogP contribution is 2.09. The molecule has 0 amide bonds. The second-order valence-corrected chi connectivity index (χ2v) is 5.58. The summed E-state index contributed by atoms with van der Waals surface area (Å²) in [5.41, 5.74) is 2.51. The smallest absolute Gasteiger partial charge is 0.234 e. The summed E-state index contributed by atoms with van der Waals surface area (Å²) in [4.78, 5) is 0. The molecule has 0 aliphatic carbocycles. The summed E-state index contributed by atoms with van der Waals surface area (Å²) in [5, 5.41) is 0. The van der Waals surface area contributed by atoms with E-state index in [1.807, 2.05) is 19.9 Å². The maximum Gasteiger partial charge on any atom is 0.234 e. The molecule has 0 bridgehead atoms. The van der Waals surface area contributed by atoms with Crippen molar-refractivity contribution < 1.29 is 13.9 Å². The third kappa shape index (κ3) is 8.17. The van der Waals surface area contributed by atoms with E-state index in [9.17, 15) is 0 Å². The van der Waals surface area contributed by atoms with E-state index in [1.165, 1.54) is 11.1 Å². The van der Waals surface area contributed by atoms with Crippen molar-refractivity contribution in [2.45, 2.75) is 39.0 Å². The minimum atomic E-state index is -0.123. The van der Waals surface area contributed by atoms with E-state index < -0.39 is 0 Å². The Balaban J connectivity index is 2.12. The minimum Gasteiger partial charge on any atom is -0.417 e. The second-order valence-electron chi connectivity index (χ2n) is 4.59. The Morgan fingerprint density at radius 3 is 2.67 bits per heavy atom. The predicted octanol–water partition coefficient (Wildman–Crippen LogP) is 3.72. The van der Waals surface area contributed by atoms with Crippen molar-refractivity contribution in [1.82, 2.24) is 0 Å². The number of aryl methyl sites for hydroxylation is 1. The highest BCUT2D eigenvalue weighted by Gasteiger charge is 2.08. The zero-order valence-corrected chi connectivity index (χ0v) is 14.1. The van der Waals surface area contributed by atoms with Gasteiger partial charge in [-0.1, -0.05) is 36.9 Å². The van der Waals surface area contributed by atoms with Gasteiger partial charge in [0.05, 0.1) is 0 Å². The van der Waals surface area contributed by atoms with Gasteiger partial charge in [-0.15, -0.1) is 0 Å². The topological polar surface area (TPSA) is 27.7 Å². The molecule has 0 fully saturated rings. The summed E-state index contributed by atoms with van der Waals surface area (Å²) in [6, 6.07) is 9.28. The van der Waals surface area contributed by atoms with Crippen molar-refractivity contribution in [2.24, 2.45) is 0 Å². The van der Waals surface area contributed by atoms with E-state index in [0.29, 0.717) is 23.0 Å². The van der Waals surface area contributed by atoms with E-state index in [0.717, 1.165) is 25.5 Å². The summed E-state index contributed by atoms with van der Waals surface area (Å²) in [7, 11) is 0.431. The molecule has 0 aliphatic rings. The predicted molar refractivity (Wildman–Crippen MR) is 88.4 cm³/mol. The zero-order chi connectivity index (χ0) is 15.3. The van der Waals surface area contributed by atoms with Gasteiger partial charge in [-0.3, -0.25) is 0 Å². The van der Waals surface area contributed by atoms with Gasteiger partial charge in [-0.05, 0) is 37.8 Å². The highest BCUT2D eigenvalue weighted by molar-refractivity contribution is 6.27. The molecule has 1 aromatic carbocycles. The molecule has 0 spiro atoms. The van der Waals surface area contributed by atoms with Crippen LogP contribution in [0.5, 0.6) is 0 Å². The van der Waals surface area contributed by atoms with Gasteiger partial charge in [0.25, 0.3) is 0 Å². The van der Waals surface area contributed by atoms with Crippen LogP contribution in [0.2, 0.25) is 6.04 Å². The van der Waals surface area contributed by atoms with Gasteiger partial charge < -0.3 is 13.9 Å². The van der Waals surface area contributed by atoms with Crippen molar-refractivity contribution in [3.05, 3.63) is 42.0 Å². The molecule has 0 N–H and O–H groups in total. The SMILES string of the molecule is C=Cc1cccc(CCCO[Si]CC(OCC)OCC)c1. The van der Waals surface area contributed by atoms with Crippen molar-refractivity contribution >= 4 is 15.8 Å². The number of ether oxygens (including phenoxy) is 2. The Hall–Kier alpha value is -0.943. The molecular formula is C17H26O3Si. The fourth-order valence-corrected chi connectivity index (χ4v) is 2.74. The maximum atomic E-state index is 5.68. The molecule has 1 aromatic rings. The van der Waals surface area contributed by atoms with E-state index in [1.54, 1.807) is 0 Å². The first-order chi connectivity index (χ1) is 10.3. The maximum absolute atomic E-state index is 5.68. The molecule has 0 atom stereocenters. The summed E-state index contributed by atoms with van der Waals surface area (Å²) in [5.74, 6) is 0. The lowest BCUT2D eigenvalue weighted by Crippen LogP contribution is -2.20. The van der Waals surface area contributed by atoms with Crippen molar-refractivity contribution in [3.8, 4) is 0 Å². The molecule has 1 rings (SSSR count). The largest absolute Gasteiger partial charge is 0.417 e. The number of hydrogen-bond donors (Lipinski definition) is 0. The van der Waals surface area contributed by atoms with Gasteiger partial charge in [0.2, 0.25) is 9.76 Å². The van der Waals surface area contributed by atoms with E-state index >= 15 is 0 Å². The van der Waals surface area contributed by atoms with E-state index in [-0.39, 0.29) is 6.29 Å². The van der Waals surface area contributed by atoms with Crippen LogP contribution in [0.15, 0.2) is 30.8 Å². The quantitative estimate of drug-likeness (QED) is 0.335. The fourth-order valence-electron chi connectivity index (χ4n) is 1.96. The molecular weight excluding hydrogens is 280 g/mol. The minimum absolute atomic E-state index is 0.123. The Morgan fingerprint density at radius 1 is 1.24 bits per heavy atom. The Bertz CT molecular complexity index is 389. The fraction of sp³-hybridized carbons (Fsp3) is 0.529. The lowest BCUT2D eigenvalue weighted by atomic mass is 10.1. The van der Waals surface area contributed by atoms with Gasteiger partial charge in [-0.2, -0.15) is 0 Å². The van der Waals surface area contributed by atoms with Crippen molar-refractivity contribution in [2.75, 3.05) is 19.8 Å². The van der Waals surface area contributed by atoms with Crippen LogP contribution in [-0.2, 0) is 20.3 Å². The Labute approximate surface area is 131 Å². The lowest BCUT2D eigenvalue weighted by Gasteiger charge is -2.15. The second kappa shape index (κ2) is 11.7. The van der Waals surface area contributed by atoms with E-state index in [2.05, 4.69) is 30.8 Å². The molecule has 0 unspecified atom stereocenters. The van der Waals surface area contributed by atoms with Crippen LogP contribution in [0.25, 0.3) is 6.08 Å². The third-order valence-electron chi connectivity index (χ3n) is 2.96. The summed E-state index contributed by atoms with van der Waals surface area (Å²) in [6.45, 7) is 9.88. The average Bonchev–Trinajstić information content (AvgIpc) is 2.51. The molecule has 3 nitrogen and oxygen atoms in total. The molecule has 0 saturated heterocycles. The summed E-state index contributed by atoms with van der Waals surface area (Å²) in [6.07, 6.45) is 3.82. The van der Waals surface area contributed by atoms with Crippen LogP contribution in [0.3, 0.4) is 0 Å². The first kappa shape index (κ1) is 18.1. The average molecular weight is 306 g/mol. The number of benzene rings is 1. The van der Waals surface area contributed by atoms with Crippen LogP contribution in [0.4, 0.5) is 0 Å². The van der Waals surface area contributed by atoms with Crippen molar-refractivity contribution in [3.63, 3.8) is 0 Å². The molecule has 0 aliphatic heterocycles. The molecule has 0 saturated carbocycles. The first-order valence-electron chi connectivity index (χ1n) is 7.59. The van der Waals surface area contributed by atoms with Crippen LogP contribution >= 0.6 is 0 Å². The van der Waals surface area contributed by atoms with Gasteiger partial charge in [0.15, 0.2) is 6.29 Å². The molecule has 2 radical (unpaired) electrons. The van der Waals surface area contributed by atoms with Crippen LogP contribution < -0.4 is 0 Å². The normalized spacial score (nSPS) is 11.0. The highest BCUT2D eigenvalue weighted by atomic mass is 28.2. The zero-order valence-electron chi connectivity index (χ0n) is 13.1. The number of rotatable bonds is 12. The van der Waals surface area contributed by atoms with Crippen LogP contribution in [0.1, 0.15) is 31.4 Å². The Kier molecular flexibility index (Phi) is 10.1. The van der Waals surface area contributed by atoms with Gasteiger partial charge >= 0.3 is 0 Å². The number of hydrogen-bond acceptors (Lipinski definition) is 3. The lowest BCUT2D eigenvalue weighted by molar-refractivity contribution is -0.124. The molecule has 4 heteroatoms. The third-order valence-corrected chi connectivity index (χ3v) is 3.86. The molecule has 116 valence electrons. The monoisotopic (exact) mass is 306 g/mol. The molecule has 21 heavy (non-hydrogen) atoms. The Morgan fingerprint density at radius 2 is 2.00 bits per heavy atom.